The molecule has 9 nitrogen and oxygen atoms in total. The van der Waals surface area contributed by atoms with Gasteiger partial charge in [0, 0.05) is 24.5 Å². The van der Waals surface area contributed by atoms with Crippen molar-refractivity contribution in [2.75, 3.05) is 37.0 Å². The van der Waals surface area contributed by atoms with E-state index in [0.29, 0.717) is 18.8 Å². The number of rotatable bonds is 6. The zero-order valence-corrected chi connectivity index (χ0v) is 17.5. The number of amides is 3. The van der Waals surface area contributed by atoms with E-state index < -0.39 is 18.1 Å². The van der Waals surface area contributed by atoms with Gasteiger partial charge in [0.05, 0.1) is 7.11 Å². The molecule has 2 aromatic rings. The minimum atomic E-state index is -0.746. The lowest BCUT2D eigenvalue weighted by Crippen LogP contribution is -2.68. The highest BCUT2D eigenvalue weighted by Crippen LogP contribution is 2.26. The van der Waals surface area contributed by atoms with E-state index in [2.05, 4.69) is 17.7 Å². The molecule has 2 aliphatic rings. The van der Waals surface area contributed by atoms with Crippen LogP contribution in [0.1, 0.15) is 12.5 Å². The van der Waals surface area contributed by atoms with E-state index in [0.717, 1.165) is 28.4 Å². The van der Waals surface area contributed by atoms with Gasteiger partial charge in [-0.15, -0.1) is 0 Å². The largest absolute Gasteiger partial charge is 0.497 e. The Hall–Kier alpha value is -3.59. The second kappa shape index (κ2) is 8.65. The highest BCUT2D eigenvalue weighted by Gasteiger charge is 2.45. The van der Waals surface area contributed by atoms with E-state index in [1.807, 2.05) is 53.4 Å². The van der Waals surface area contributed by atoms with Gasteiger partial charge in [-0.05, 0) is 48.4 Å². The van der Waals surface area contributed by atoms with Crippen molar-refractivity contribution < 1.29 is 19.1 Å². The summed E-state index contributed by atoms with van der Waals surface area (Å²) in [5.41, 5.74) is 5.71. The monoisotopic (exact) mass is 423 g/mol. The number of aryl methyl sites for hydroxylation is 1. The van der Waals surface area contributed by atoms with E-state index in [-0.39, 0.29) is 12.5 Å². The van der Waals surface area contributed by atoms with Crippen molar-refractivity contribution >= 4 is 29.1 Å². The molecular weight excluding hydrogens is 398 g/mol. The molecule has 9 heteroatoms. The van der Waals surface area contributed by atoms with Crippen LogP contribution >= 0.6 is 0 Å². The van der Waals surface area contributed by atoms with Gasteiger partial charge in [0.15, 0.2) is 6.29 Å². The minimum Gasteiger partial charge on any atom is -0.497 e. The van der Waals surface area contributed by atoms with Crippen molar-refractivity contribution in [3.63, 3.8) is 0 Å². The summed E-state index contributed by atoms with van der Waals surface area (Å²) in [6.45, 7) is 2.76. The quantitative estimate of drug-likeness (QED) is 0.678. The number of carbonyl (C=O) groups excluding carboxylic acids is 3. The van der Waals surface area contributed by atoms with Gasteiger partial charge in [0.25, 0.3) is 0 Å². The maximum atomic E-state index is 12.6. The zero-order valence-electron chi connectivity index (χ0n) is 17.5. The molecule has 0 aromatic heterocycles. The summed E-state index contributed by atoms with van der Waals surface area (Å²) in [7, 11) is 1.60. The van der Waals surface area contributed by atoms with E-state index in [4.69, 9.17) is 4.74 Å². The third kappa shape index (κ3) is 4.17. The molecule has 2 aromatic carbocycles. The molecule has 0 saturated carbocycles. The van der Waals surface area contributed by atoms with Gasteiger partial charge in [-0.3, -0.25) is 24.3 Å². The third-order valence-corrected chi connectivity index (χ3v) is 5.48. The molecule has 162 valence electrons. The molecule has 2 heterocycles. The molecular formula is C22H25N5O4. The molecule has 0 bridgehead atoms. The zero-order chi connectivity index (χ0) is 22.0. The molecule has 2 saturated heterocycles. The van der Waals surface area contributed by atoms with Crippen LogP contribution in [0.3, 0.4) is 0 Å². The van der Waals surface area contributed by atoms with Gasteiger partial charge in [0.1, 0.15) is 12.3 Å². The van der Waals surface area contributed by atoms with Crippen LogP contribution in [0.5, 0.6) is 5.75 Å². The fourth-order valence-electron chi connectivity index (χ4n) is 3.75. The van der Waals surface area contributed by atoms with Crippen LogP contribution in [0.4, 0.5) is 11.4 Å². The molecule has 2 fully saturated rings. The SMILES string of the molecule is CCc1ccc(NC(=O)CN2NC3N(CCN3c3ccc(OC)cc3)C(=O)C2=O)cc1. The maximum Gasteiger partial charge on any atom is 0.326 e. The molecule has 3 amide bonds. The van der Waals surface area contributed by atoms with Crippen LogP contribution in [-0.4, -0.2) is 60.7 Å². The molecule has 2 aliphatic heterocycles. The molecule has 31 heavy (non-hydrogen) atoms. The van der Waals surface area contributed by atoms with Gasteiger partial charge in [-0.1, -0.05) is 19.1 Å². The lowest BCUT2D eigenvalue weighted by Gasteiger charge is -2.40. The van der Waals surface area contributed by atoms with Crippen LogP contribution in [0.2, 0.25) is 0 Å². The topological polar surface area (TPSA) is 94.2 Å². The fourth-order valence-corrected chi connectivity index (χ4v) is 3.75. The van der Waals surface area contributed by atoms with E-state index in [1.165, 1.54) is 4.90 Å². The Morgan fingerprint density at radius 3 is 2.35 bits per heavy atom. The molecule has 0 radical (unpaired) electrons. The Kier molecular flexibility index (Phi) is 5.77. The minimum absolute atomic E-state index is 0.277. The molecule has 1 atom stereocenters. The van der Waals surface area contributed by atoms with Crippen molar-refractivity contribution in [2.45, 2.75) is 19.6 Å². The molecule has 1 unspecified atom stereocenters. The molecule has 0 aliphatic carbocycles. The number of anilines is 2. The summed E-state index contributed by atoms with van der Waals surface area (Å²) in [5.74, 6) is -1.03. The number of fused-ring (bicyclic) bond motifs is 1. The van der Waals surface area contributed by atoms with Crippen LogP contribution in [0, 0.1) is 0 Å². The number of methoxy groups -OCH3 is 1. The summed E-state index contributed by atoms with van der Waals surface area (Å²) in [6, 6.07) is 15.0. The number of nitrogens with zero attached hydrogens (tertiary/aromatic N) is 3. The first kappa shape index (κ1) is 20.7. The van der Waals surface area contributed by atoms with Crippen molar-refractivity contribution in [3.05, 3.63) is 54.1 Å². The lowest BCUT2D eigenvalue weighted by atomic mass is 10.1. The average Bonchev–Trinajstić information content (AvgIpc) is 3.21. The van der Waals surface area contributed by atoms with Crippen LogP contribution in [-0.2, 0) is 20.8 Å². The van der Waals surface area contributed by atoms with Crippen molar-refractivity contribution in [2.24, 2.45) is 0 Å². The van der Waals surface area contributed by atoms with Gasteiger partial charge in [-0.2, -0.15) is 5.43 Å². The van der Waals surface area contributed by atoms with Crippen molar-refractivity contribution in [1.29, 1.82) is 0 Å². The van der Waals surface area contributed by atoms with E-state index in [9.17, 15) is 14.4 Å². The van der Waals surface area contributed by atoms with E-state index in [1.54, 1.807) is 7.11 Å². The van der Waals surface area contributed by atoms with Gasteiger partial charge in [-0.25, -0.2) is 0 Å². The smallest absolute Gasteiger partial charge is 0.326 e. The second-order valence-electron chi connectivity index (χ2n) is 7.38. The number of nitrogens with one attached hydrogen (secondary N) is 2. The first-order chi connectivity index (χ1) is 15.0. The summed E-state index contributed by atoms with van der Waals surface area (Å²) in [6.07, 6.45) is 0.362. The van der Waals surface area contributed by atoms with Crippen LogP contribution in [0.15, 0.2) is 48.5 Å². The summed E-state index contributed by atoms with van der Waals surface area (Å²) in [5, 5.41) is 3.85. The molecule has 0 spiro atoms. The Morgan fingerprint density at radius 1 is 1.03 bits per heavy atom. The summed E-state index contributed by atoms with van der Waals surface area (Å²) < 4.78 is 5.20. The summed E-state index contributed by atoms with van der Waals surface area (Å²) in [4.78, 5) is 41.1. The van der Waals surface area contributed by atoms with Crippen molar-refractivity contribution in [3.8, 4) is 5.75 Å². The normalized spacial score (nSPS) is 18.3. The number of hydrazine groups is 1. The number of ether oxygens (including phenoxy) is 1. The predicted molar refractivity (Wildman–Crippen MR) is 115 cm³/mol. The maximum absolute atomic E-state index is 12.6. The number of hydrogen-bond donors (Lipinski definition) is 2. The predicted octanol–water partition coefficient (Wildman–Crippen LogP) is 1.18. The average molecular weight is 423 g/mol. The second-order valence-corrected chi connectivity index (χ2v) is 7.38. The van der Waals surface area contributed by atoms with Crippen molar-refractivity contribution in [1.82, 2.24) is 15.3 Å². The highest BCUT2D eigenvalue weighted by atomic mass is 16.5. The Morgan fingerprint density at radius 2 is 1.71 bits per heavy atom. The number of hydrogen-bond acceptors (Lipinski definition) is 6. The molecule has 4 rings (SSSR count). The van der Waals surface area contributed by atoms with Gasteiger partial charge < -0.3 is 15.0 Å². The first-order valence-corrected chi connectivity index (χ1v) is 10.2. The Labute approximate surface area is 180 Å². The first-order valence-electron chi connectivity index (χ1n) is 10.2. The van der Waals surface area contributed by atoms with E-state index >= 15 is 0 Å². The highest BCUT2D eigenvalue weighted by molar-refractivity contribution is 6.35. The standard InChI is InChI=1S/C22H25N5O4/c1-3-15-4-6-16(7-5-15)23-19(28)14-27-21(30)20(29)26-13-12-25(22(26)24-27)17-8-10-18(31-2)11-9-17/h4-11,22,24H,3,12-14H2,1-2H3,(H,23,28). The Balaban J connectivity index is 1.45. The Bertz CT molecular complexity index is 976. The molecule has 2 N–H and O–H groups in total. The lowest BCUT2D eigenvalue weighted by molar-refractivity contribution is -0.163. The summed E-state index contributed by atoms with van der Waals surface area (Å²) >= 11 is 0. The van der Waals surface area contributed by atoms with Crippen LogP contribution in [0.25, 0.3) is 0 Å². The fraction of sp³-hybridized carbons (Fsp3) is 0.318. The van der Waals surface area contributed by atoms with Crippen LogP contribution < -0.4 is 20.4 Å². The third-order valence-electron chi connectivity index (χ3n) is 5.48. The number of carbonyl (C=O) groups is 3. The van der Waals surface area contributed by atoms with Gasteiger partial charge in [0.2, 0.25) is 5.91 Å². The number of benzene rings is 2. The van der Waals surface area contributed by atoms with Gasteiger partial charge >= 0.3 is 11.8 Å².